The second kappa shape index (κ2) is 11.8. The van der Waals surface area contributed by atoms with Gasteiger partial charge in [0.15, 0.2) is 0 Å². The molecule has 0 atom stereocenters. The lowest BCUT2D eigenvalue weighted by Gasteiger charge is -2.32. The van der Waals surface area contributed by atoms with Crippen molar-refractivity contribution < 1.29 is 9.59 Å². The van der Waals surface area contributed by atoms with Crippen molar-refractivity contribution in [3.05, 3.63) is 76.4 Å². The minimum Gasteiger partial charge on any atom is -0.317 e. The number of carbonyl (C=O) groups is 2. The number of rotatable bonds is 5. The Hall–Kier alpha value is -2.73. The van der Waals surface area contributed by atoms with Crippen molar-refractivity contribution in [2.75, 3.05) is 39.3 Å². The van der Waals surface area contributed by atoms with Gasteiger partial charge < -0.3 is 10.2 Å². The molecule has 184 valence electrons. The zero-order valence-electron chi connectivity index (χ0n) is 20.1. The van der Waals surface area contributed by atoms with Crippen molar-refractivity contribution >= 4 is 42.4 Å². The monoisotopic (exact) mass is 491 g/mol. The lowest BCUT2D eigenvalue weighted by Crippen LogP contribution is -2.44. The highest BCUT2D eigenvalue weighted by Gasteiger charge is 2.27. The topological polar surface area (TPSA) is 52.7 Å². The molecule has 3 aliphatic rings. The third-order valence-electron chi connectivity index (χ3n) is 7.47. The smallest absolute Gasteiger partial charge is 0.232 e. The summed E-state index contributed by atoms with van der Waals surface area (Å²) in [7, 11) is 0. The number of halogens is 1. The van der Waals surface area contributed by atoms with E-state index in [0.717, 1.165) is 64.8 Å². The van der Waals surface area contributed by atoms with E-state index in [2.05, 4.69) is 70.9 Å². The van der Waals surface area contributed by atoms with E-state index in [1.54, 1.807) is 0 Å². The fraction of sp³-hybridized carbons (Fsp3) is 0.379. The molecule has 5 rings (SSSR count). The van der Waals surface area contributed by atoms with Crippen LogP contribution in [0.1, 0.15) is 47.9 Å². The Labute approximate surface area is 214 Å². The van der Waals surface area contributed by atoms with Gasteiger partial charge in [0, 0.05) is 32.1 Å². The summed E-state index contributed by atoms with van der Waals surface area (Å²) in [6, 6.07) is 17.3. The fourth-order valence-electron chi connectivity index (χ4n) is 5.51. The standard InChI is InChI=1S/C29H33N3O2.ClH/c33-21-32(29(34)25-11-15-30-16-12-25)20-19-31-17-13-24(14-18-31)28-26-7-3-1-5-22(26)9-10-23-6-2-4-8-27(23)28;/h1-10,21,25,30H,11-20H2;1H. The van der Waals surface area contributed by atoms with Crippen molar-refractivity contribution in [1.82, 2.24) is 15.1 Å². The summed E-state index contributed by atoms with van der Waals surface area (Å²) in [4.78, 5) is 28.2. The Morgan fingerprint density at radius 2 is 1.51 bits per heavy atom. The molecule has 0 saturated carbocycles. The first-order valence-corrected chi connectivity index (χ1v) is 12.5. The zero-order valence-corrected chi connectivity index (χ0v) is 20.9. The van der Waals surface area contributed by atoms with Crippen LogP contribution in [0.5, 0.6) is 0 Å². The summed E-state index contributed by atoms with van der Waals surface area (Å²) in [6.45, 7) is 4.83. The van der Waals surface area contributed by atoms with Crippen LogP contribution in [0.15, 0.2) is 54.1 Å². The van der Waals surface area contributed by atoms with Gasteiger partial charge in [0.05, 0.1) is 0 Å². The Bertz CT molecular complexity index is 1060. The lowest BCUT2D eigenvalue weighted by molar-refractivity contribution is -0.142. The molecule has 2 aliphatic heterocycles. The van der Waals surface area contributed by atoms with Crippen molar-refractivity contribution in [2.45, 2.75) is 25.7 Å². The van der Waals surface area contributed by atoms with E-state index in [-0.39, 0.29) is 24.2 Å². The number of amides is 2. The number of hydrogen-bond acceptors (Lipinski definition) is 4. The van der Waals surface area contributed by atoms with E-state index in [0.29, 0.717) is 6.54 Å². The molecule has 35 heavy (non-hydrogen) atoms. The Balaban J connectivity index is 0.00000289. The minimum atomic E-state index is -0.0203. The molecule has 0 radical (unpaired) electrons. The maximum Gasteiger partial charge on any atom is 0.232 e. The lowest BCUT2D eigenvalue weighted by atomic mass is 9.86. The van der Waals surface area contributed by atoms with Crippen molar-refractivity contribution in [3.8, 4) is 0 Å². The van der Waals surface area contributed by atoms with E-state index in [9.17, 15) is 9.59 Å². The number of carbonyl (C=O) groups excluding carboxylic acids is 2. The number of nitrogens with zero attached hydrogens (tertiary/aromatic N) is 2. The van der Waals surface area contributed by atoms with Gasteiger partial charge in [0.2, 0.25) is 12.3 Å². The number of likely N-dealkylation sites (tertiary alicyclic amines) is 1. The summed E-state index contributed by atoms with van der Waals surface area (Å²) < 4.78 is 0. The normalized spacial score (nSPS) is 18.2. The van der Waals surface area contributed by atoms with Crippen LogP contribution in [-0.2, 0) is 9.59 Å². The molecule has 2 saturated heterocycles. The molecule has 1 aliphatic carbocycles. The number of hydrogen-bond donors (Lipinski definition) is 1. The Kier molecular flexibility index (Phi) is 8.55. The second-order valence-corrected chi connectivity index (χ2v) is 9.49. The highest BCUT2D eigenvalue weighted by molar-refractivity contribution is 5.95. The minimum absolute atomic E-state index is 0. The molecular formula is C29H34ClN3O2. The van der Waals surface area contributed by atoms with E-state index >= 15 is 0 Å². The van der Waals surface area contributed by atoms with Crippen LogP contribution in [0.2, 0.25) is 0 Å². The van der Waals surface area contributed by atoms with Gasteiger partial charge in [-0.1, -0.05) is 66.3 Å². The van der Waals surface area contributed by atoms with Crippen molar-refractivity contribution in [3.63, 3.8) is 0 Å². The highest BCUT2D eigenvalue weighted by atomic mass is 35.5. The molecule has 5 nitrogen and oxygen atoms in total. The predicted molar refractivity (Wildman–Crippen MR) is 144 cm³/mol. The third-order valence-corrected chi connectivity index (χ3v) is 7.47. The molecule has 1 N–H and O–H groups in total. The first kappa shape index (κ1) is 25.4. The van der Waals surface area contributed by atoms with Gasteiger partial charge in [-0.2, -0.15) is 0 Å². The number of imide groups is 1. The van der Waals surface area contributed by atoms with Gasteiger partial charge in [-0.3, -0.25) is 14.5 Å². The molecule has 0 unspecified atom stereocenters. The van der Waals surface area contributed by atoms with E-state index < -0.39 is 0 Å². The van der Waals surface area contributed by atoms with Gasteiger partial charge in [-0.25, -0.2) is 0 Å². The number of benzene rings is 2. The molecule has 2 amide bonds. The second-order valence-electron chi connectivity index (χ2n) is 9.49. The average molecular weight is 492 g/mol. The Morgan fingerprint density at radius 3 is 2.09 bits per heavy atom. The van der Waals surface area contributed by atoms with Crippen LogP contribution in [0.3, 0.4) is 0 Å². The number of fused-ring (bicyclic) bond motifs is 2. The Morgan fingerprint density at radius 1 is 0.943 bits per heavy atom. The quantitative estimate of drug-likeness (QED) is 0.535. The predicted octanol–water partition coefficient (Wildman–Crippen LogP) is 4.47. The van der Waals surface area contributed by atoms with Gasteiger partial charge in [0.25, 0.3) is 0 Å². The van der Waals surface area contributed by atoms with Gasteiger partial charge in [-0.15, -0.1) is 12.4 Å². The summed E-state index contributed by atoms with van der Waals surface area (Å²) in [6.07, 6.45) is 8.83. The van der Waals surface area contributed by atoms with E-state index in [1.807, 2.05) is 0 Å². The maximum absolute atomic E-state index is 12.8. The molecule has 0 spiro atoms. The molecule has 2 fully saturated rings. The van der Waals surface area contributed by atoms with E-state index in [4.69, 9.17) is 0 Å². The SMILES string of the molecule is Cl.O=CN(CCN1CCC(=C2c3ccccc3C=Cc3ccccc32)CC1)C(=O)C1CCNCC1. The molecular weight excluding hydrogens is 458 g/mol. The van der Waals surface area contributed by atoms with Gasteiger partial charge in [-0.05, 0) is 66.6 Å². The molecule has 6 heteroatoms. The fourth-order valence-corrected chi connectivity index (χ4v) is 5.51. The zero-order chi connectivity index (χ0) is 23.3. The number of nitrogens with one attached hydrogen (secondary N) is 1. The van der Waals surface area contributed by atoms with Gasteiger partial charge >= 0.3 is 0 Å². The summed E-state index contributed by atoms with van der Waals surface area (Å²) in [5.74, 6) is -0.0244. The molecule has 0 bridgehead atoms. The van der Waals surface area contributed by atoms with Crippen molar-refractivity contribution in [2.24, 2.45) is 5.92 Å². The van der Waals surface area contributed by atoms with Gasteiger partial charge in [0.1, 0.15) is 0 Å². The average Bonchev–Trinajstić information content (AvgIpc) is 3.07. The first-order chi connectivity index (χ1) is 16.7. The summed E-state index contributed by atoms with van der Waals surface area (Å²) >= 11 is 0. The van der Waals surface area contributed by atoms with Crippen LogP contribution in [0.25, 0.3) is 17.7 Å². The van der Waals surface area contributed by atoms with Crippen LogP contribution >= 0.6 is 12.4 Å². The summed E-state index contributed by atoms with van der Waals surface area (Å²) in [5.41, 5.74) is 8.03. The maximum atomic E-state index is 12.8. The number of piperidine rings is 2. The van der Waals surface area contributed by atoms with Crippen LogP contribution in [0, 0.1) is 5.92 Å². The molecule has 2 aromatic carbocycles. The van der Waals surface area contributed by atoms with Crippen LogP contribution < -0.4 is 5.32 Å². The van der Waals surface area contributed by atoms with Crippen molar-refractivity contribution in [1.29, 1.82) is 0 Å². The van der Waals surface area contributed by atoms with Crippen LogP contribution in [0.4, 0.5) is 0 Å². The highest BCUT2D eigenvalue weighted by Crippen LogP contribution is 2.38. The largest absolute Gasteiger partial charge is 0.317 e. The first-order valence-electron chi connectivity index (χ1n) is 12.5. The molecule has 2 aromatic rings. The van der Waals surface area contributed by atoms with Crippen LogP contribution in [-0.4, -0.2) is 61.4 Å². The molecule has 2 heterocycles. The molecule has 0 aromatic heterocycles. The summed E-state index contributed by atoms with van der Waals surface area (Å²) in [5, 5.41) is 3.28. The van der Waals surface area contributed by atoms with E-state index in [1.165, 1.54) is 38.3 Å². The third kappa shape index (κ3) is 5.58.